The van der Waals surface area contributed by atoms with E-state index in [0.717, 1.165) is 28.9 Å². The van der Waals surface area contributed by atoms with Crippen molar-refractivity contribution in [3.05, 3.63) is 76.3 Å². The highest BCUT2D eigenvalue weighted by atomic mass is 35.5. The summed E-state index contributed by atoms with van der Waals surface area (Å²) in [7, 11) is 7.42. The van der Waals surface area contributed by atoms with Gasteiger partial charge in [-0.1, -0.05) is 89.1 Å². The smallest absolute Gasteiger partial charge is 0.409 e. The van der Waals surface area contributed by atoms with E-state index in [1.807, 2.05) is 45.9 Å². The number of nitrogens with two attached hydrogens (primary N) is 1. The van der Waals surface area contributed by atoms with Crippen LogP contribution < -0.4 is 47.3 Å². The van der Waals surface area contributed by atoms with E-state index in [4.69, 9.17) is 74.2 Å². The Kier molecular flexibility index (Phi) is 40.8. The number of methoxy groups -OCH3 is 2. The van der Waals surface area contributed by atoms with Gasteiger partial charge < -0.3 is 109 Å². The van der Waals surface area contributed by atoms with Crippen molar-refractivity contribution in [1.29, 1.82) is 0 Å². The molecule has 5 rings (SSSR count). The molecule has 0 aliphatic carbocycles. The molecule has 0 radical (unpaired) electrons. The van der Waals surface area contributed by atoms with Crippen LogP contribution in [0.15, 0.2) is 60.2 Å². The van der Waals surface area contributed by atoms with E-state index in [1.165, 1.54) is 31.0 Å². The summed E-state index contributed by atoms with van der Waals surface area (Å²) in [6, 6.07) is 7.05. The summed E-state index contributed by atoms with van der Waals surface area (Å²) in [6.45, 7) is 19.2. The van der Waals surface area contributed by atoms with E-state index in [1.54, 1.807) is 64.4 Å². The van der Waals surface area contributed by atoms with Gasteiger partial charge in [0.1, 0.15) is 54.3 Å². The molecular formula is C77H119ClN10O22. The predicted molar refractivity (Wildman–Crippen MR) is 409 cm³/mol. The third-order valence-electron chi connectivity index (χ3n) is 18.7. The third kappa shape index (κ3) is 32.6. The number of hydrogen-bond acceptors (Lipinski definition) is 22. The summed E-state index contributed by atoms with van der Waals surface area (Å²) in [5.41, 5.74) is 7.34. The number of likely N-dealkylation sites (N-methyl/N-ethyl adjacent to an activating group) is 1. The van der Waals surface area contributed by atoms with Crippen LogP contribution in [0.3, 0.4) is 0 Å². The Bertz CT molecular complexity index is 3350. The Labute approximate surface area is 651 Å². The maximum atomic E-state index is 14.3. The van der Waals surface area contributed by atoms with E-state index in [-0.39, 0.29) is 94.4 Å². The minimum Gasteiger partial charge on any atom is -0.495 e. The number of nitrogens with zero attached hydrogens (tertiary/aromatic N) is 3. The molecule has 4 bridgehead atoms. The summed E-state index contributed by atoms with van der Waals surface area (Å²) in [5.74, 6) is -3.39. The van der Waals surface area contributed by atoms with Crippen LogP contribution in [0.25, 0.3) is 0 Å². The van der Waals surface area contributed by atoms with Gasteiger partial charge in [-0.2, -0.15) is 0 Å². The lowest BCUT2D eigenvalue weighted by Crippen LogP contribution is -2.61. The van der Waals surface area contributed by atoms with E-state index >= 15 is 0 Å². The average Bonchev–Trinajstić information content (AvgIpc) is 1.60. The molecule has 33 heteroatoms. The number of halogens is 1. The number of allylic oxidation sites excluding steroid dienone is 3. The number of primary amides is 1. The van der Waals surface area contributed by atoms with Gasteiger partial charge in [0.25, 0.3) is 0 Å². The molecular weight excluding hydrogens is 1450 g/mol. The van der Waals surface area contributed by atoms with Crippen molar-refractivity contribution < 1.29 is 105 Å². The number of nitrogens with one attached hydrogen (secondary N) is 6. The van der Waals surface area contributed by atoms with Crippen LogP contribution in [0, 0.1) is 23.7 Å². The molecule has 0 spiro atoms. The molecule has 8 N–H and O–H groups in total. The number of ether oxygens (including phenoxy) is 12. The molecule has 0 aromatic heterocycles. The van der Waals surface area contributed by atoms with Crippen molar-refractivity contribution in [3.63, 3.8) is 0 Å². The average molecular weight is 1570 g/mol. The Morgan fingerprint density at radius 1 is 0.791 bits per heavy atom. The molecule has 0 saturated carbocycles. The summed E-state index contributed by atoms with van der Waals surface area (Å²) < 4.78 is 68.4. The number of amides is 10. The molecule has 32 nitrogen and oxygen atoms in total. The van der Waals surface area contributed by atoms with Crippen molar-refractivity contribution in [3.8, 4) is 5.75 Å². The Balaban J connectivity index is 1.02. The first kappa shape index (κ1) is 92.4. The standard InChI is InChI=1S/C77H119ClN10O22/c1-14-55(41-49(2)3)71(93)80-27-30-102-32-34-104-36-38-106-40-39-105-37-35-103-33-31-101-29-25-63(89)84-68(50(4)5)73(95)83-57(18-16-26-81-74(79)96)72(94)82-56-22-20-53(21-23-56)48-107-76(98)86(9)28-24-64(90)87(10)47-66(92)108-60-45-65(91)88(11)58-43-54(44-59(99-12)67(58)78)42-51(6)17-15-19-62(100-13)77(8)46-61(109-75(97)85-77)52(7)69-70(60)110-69/h15,17,19-23,43-44,49-50,52,55,57,60-62,68-70H,14,16,18,24-42,45-48H2,1-13H3,(H,80,93)(H,82,94)(H,83,95)(H,84,89)(H,85,97)(H3,79,81,96)/b19-15+,51-17+/t52?,55?,57-,60+,61-,62+,68-,69-,70-,77+/m0/s1. The van der Waals surface area contributed by atoms with Crippen LogP contribution in [0.5, 0.6) is 5.75 Å². The van der Waals surface area contributed by atoms with Crippen LogP contribution in [-0.2, 0) is 98.7 Å². The Morgan fingerprint density at radius 3 is 2.01 bits per heavy atom. The zero-order valence-corrected chi connectivity index (χ0v) is 67.0. The number of fused-ring (bicyclic) bond motifs is 5. The molecule has 2 unspecified atom stereocenters. The number of epoxide rings is 1. The van der Waals surface area contributed by atoms with Crippen LogP contribution in [0.1, 0.15) is 118 Å². The number of urea groups is 1. The maximum absolute atomic E-state index is 14.3. The number of esters is 1. The quantitative estimate of drug-likeness (QED) is 0.0169. The molecule has 3 heterocycles. The van der Waals surface area contributed by atoms with E-state index in [9.17, 15) is 47.9 Å². The lowest BCUT2D eigenvalue weighted by molar-refractivity contribution is -0.155. The van der Waals surface area contributed by atoms with Gasteiger partial charge in [-0.25, -0.2) is 14.4 Å². The fourth-order valence-electron chi connectivity index (χ4n) is 12.3. The first-order valence-corrected chi connectivity index (χ1v) is 38.1. The zero-order chi connectivity index (χ0) is 80.9. The van der Waals surface area contributed by atoms with Gasteiger partial charge in [-0.05, 0) is 93.2 Å². The topological polar surface area (TPSA) is 393 Å². The molecule has 616 valence electrons. The molecule has 10 amide bonds. The highest BCUT2D eigenvalue weighted by Crippen LogP contribution is 2.42. The minimum atomic E-state index is -1.16. The number of alkyl carbamates (subject to hydrolysis) is 1. The van der Waals surface area contributed by atoms with Crippen molar-refractivity contribution in [1.82, 2.24) is 36.4 Å². The van der Waals surface area contributed by atoms with Crippen LogP contribution in [0.2, 0.25) is 5.02 Å². The van der Waals surface area contributed by atoms with Crippen molar-refractivity contribution in [2.75, 3.05) is 151 Å². The maximum Gasteiger partial charge on any atom is 0.409 e. The fourth-order valence-corrected chi connectivity index (χ4v) is 12.6. The molecule has 3 aliphatic heterocycles. The number of hydrogen-bond donors (Lipinski definition) is 7. The summed E-state index contributed by atoms with van der Waals surface area (Å²) >= 11 is 6.83. The normalized spacial score (nSPS) is 20.8. The van der Waals surface area contributed by atoms with E-state index < -0.39 is 114 Å². The highest BCUT2D eigenvalue weighted by molar-refractivity contribution is 6.35. The second-order valence-corrected chi connectivity index (χ2v) is 28.9. The molecule has 2 saturated heterocycles. The van der Waals surface area contributed by atoms with E-state index in [0.29, 0.717) is 107 Å². The highest BCUT2D eigenvalue weighted by Gasteiger charge is 2.55. The first-order chi connectivity index (χ1) is 52.5. The molecule has 10 atom stereocenters. The number of carbonyl (C=O) groups excluding carboxylic acids is 10. The predicted octanol–water partition coefficient (Wildman–Crippen LogP) is 6.16. The second-order valence-electron chi connectivity index (χ2n) is 28.6. The molecule has 2 aromatic carbocycles. The van der Waals surface area contributed by atoms with Crippen LogP contribution in [-0.4, -0.2) is 258 Å². The lowest BCUT2D eigenvalue weighted by Gasteiger charge is -2.43. The lowest BCUT2D eigenvalue weighted by atomic mass is 9.81. The molecule has 2 aromatic rings. The van der Waals surface area contributed by atoms with Crippen molar-refractivity contribution in [2.45, 2.75) is 168 Å². The zero-order valence-electron chi connectivity index (χ0n) is 66.2. The molecule has 110 heavy (non-hydrogen) atoms. The number of anilines is 2. The molecule has 3 aliphatic rings. The monoisotopic (exact) mass is 1570 g/mol. The summed E-state index contributed by atoms with van der Waals surface area (Å²) in [4.78, 5) is 136. The third-order valence-corrected chi connectivity index (χ3v) is 19.1. The number of rotatable bonds is 45. The van der Waals surface area contributed by atoms with Gasteiger partial charge in [0.05, 0.1) is 116 Å². The second kappa shape index (κ2) is 48.5. The summed E-state index contributed by atoms with van der Waals surface area (Å²) in [6.07, 6.45) is 2.64. The Hall–Kier alpha value is -8.21. The van der Waals surface area contributed by atoms with Gasteiger partial charge in [0, 0.05) is 84.7 Å². The summed E-state index contributed by atoms with van der Waals surface area (Å²) in [5, 5.41) is 16.8. The minimum absolute atomic E-state index is 0.0273. The van der Waals surface area contributed by atoms with Crippen LogP contribution >= 0.6 is 11.6 Å². The Morgan fingerprint density at radius 2 is 1.42 bits per heavy atom. The number of benzene rings is 2. The van der Waals surface area contributed by atoms with Gasteiger partial charge in [-0.3, -0.25) is 33.6 Å². The number of carbonyl (C=O) groups is 10. The van der Waals surface area contributed by atoms with Gasteiger partial charge in [0.2, 0.25) is 35.4 Å². The van der Waals surface area contributed by atoms with E-state index in [2.05, 4.69) is 45.7 Å². The van der Waals surface area contributed by atoms with Crippen molar-refractivity contribution >= 4 is 82.6 Å². The SMILES string of the molecule is CCC(CC(C)C)C(=O)NCCOCCOCCOCCOCCOCCOCCC(=O)N[C@H](C(=O)N[C@@H](CCCNC(N)=O)C(=O)Nc1ccc(COC(=O)N(C)CCC(=O)N(C)CC(=O)O[C@@H]2CC(=O)N(C)c3cc(cc(OC)c3Cl)C/C(C)=C/C=C/[C@@H](OC)[C@@]3(C)C[C@H](OC(=O)N3)C(C)[C@@H]3O[C@@H]23)cc1)C(C)C. The van der Waals surface area contributed by atoms with Gasteiger partial charge >= 0.3 is 24.2 Å². The fraction of sp³-hybridized carbons (Fsp3) is 0.662. The molecule has 2 fully saturated rings. The largest absolute Gasteiger partial charge is 0.495 e. The van der Waals surface area contributed by atoms with Gasteiger partial charge in [0.15, 0.2) is 0 Å². The van der Waals surface area contributed by atoms with Crippen molar-refractivity contribution in [2.24, 2.45) is 29.4 Å². The van der Waals surface area contributed by atoms with Gasteiger partial charge in [-0.15, -0.1) is 0 Å². The first-order valence-electron chi connectivity index (χ1n) is 37.7. The van der Waals surface area contributed by atoms with Crippen LogP contribution in [0.4, 0.5) is 25.8 Å².